The fourth-order valence-electron chi connectivity index (χ4n) is 1.42. The largest absolute Gasteiger partial charge is 0.351 e. The van der Waals surface area contributed by atoms with E-state index in [0.29, 0.717) is 12.2 Å². The molecule has 3 N–H and O–H groups in total. The summed E-state index contributed by atoms with van der Waals surface area (Å²) in [5, 5.41) is 5.47. The molecule has 0 fully saturated rings. The molecular formula is C12H14BrN3OS2. The third-order valence-corrected chi connectivity index (χ3v) is 5.04. The first-order chi connectivity index (χ1) is 9.06. The predicted molar refractivity (Wildman–Crippen MR) is 83.7 cm³/mol. The molecule has 0 bridgehead atoms. The number of hydrogen-bond acceptors (Lipinski definition) is 5. The molecule has 0 radical (unpaired) electrons. The lowest BCUT2D eigenvalue weighted by molar-refractivity contribution is 0.0948. The monoisotopic (exact) mass is 359 g/mol. The highest BCUT2D eigenvalue weighted by Gasteiger charge is 2.12. The van der Waals surface area contributed by atoms with Crippen LogP contribution in [0.25, 0.3) is 9.88 Å². The Morgan fingerprint density at radius 1 is 1.58 bits per heavy atom. The van der Waals surface area contributed by atoms with Gasteiger partial charge >= 0.3 is 0 Å². The Hall–Kier alpha value is -0.760. The summed E-state index contributed by atoms with van der Waals surface area (Å²) in [6.07, 6.45) is 0.764. The van der Waals surface area contributed by atoms with E-state index >= 15 is 0 Å². The van der Waals surface area contributed by atoms with Gasteiger partial charge in [0.15, 0.2) is 0 Å². The highest BCUT2D eigenvalue weighted by Crippen LogP contribution is 2.33. The van der Waals surface area contributed by atoms with Crippen molar-refractivity contribution in [2.75, 3.05) is 6.54 Å². The highest BCUT2D eigenvalue weighted by atomic mass is 79.9. The summed E-state index contributed by atoms with van der Waals surface area (Å²) < 4.78 is 1.06. The minimum Gasteiger partial charge on any atom is -0.351 e. The van der Waals surface area contributed by atoms with E-state index in [1.54, 1.807) is 16.7 Å². The number of carbonyl (C=O) groups is 1. The van der Waals surface area contributed by atoms with E-state index in [0.717, 1.165) is 20.1 Å². The van der Waals surface area contributed by atoms with E-state index in [1.807, 2.05) is 19.1 Å². The summed E-state index contributed by atoms with van der Waals surface area (Å²) in [7, 11) is 0. The Kier molecular flexibility index (Phi) is 5.09. The van der Waals surface area contributed by atoms with Gasteiger partial charge in [-0.1, -0.05) is 0 Å². The maximum atomic E-state index is 11.9. The van der Waals surface area contributed by atoms with Crippen molar-refractivity contribution in [2.45, 2.75) is 19.4 Å². The van der Waals surface area contributed by atoms with Crippen LogP contribution in [0.15, 0.2) is 21.3 Å². The van der Waals surface area contributed by atoms with Gasteiger partial charge in [0.1, 0.15) is 10.7 Å². The van der Waals surface area contributed by atoms with Crippen molar-refractivity contribution in [3.63, 3.8) is 0 Å². The zero-order valence-electron chi connectivity index (χ0n) is 10.4. The van der Waals surface area contributed by atoms with Gasteiger partial charge in [0, 0.05) is 18.0 Å². The molecule has 2 heterocycles. The van der Waals surface area contributed by atoms with Crippen LogP contribution >= 0.6 is 38.6 Å². The summed E-state index contributed by atoms with van der Waals surface area (Å²) in [5.74, 6) is -0.140. The number of thiophene rings is 1. The minimum absolute atomic E-state index is 0.0924. The maximum absolute atomic E-state index is 11.9. The number of carbonyl (C=O) groups excluding carboxylic acids is 1. The van der Waals surface area contributed by atoms with Gasteiger partial charge in [-0.25, -0.2) is 4.98 Å². The molecule has 1 amide bonds. The molecular weight excluding hydrogens is 346 g/mol. The molecule has 0 saturated carbocycles. The number of rotatable bonds is 5. The first kappa shape index (κ1) is 14.6. The molecule has 0 aliphatic rings. The van der Waals surface area contributed by atoms with Crippen LogP contribution in [0.3, 0.4) is 0 Å². The zero-order chi connectivity index (χ0) is 13.8. The van der Waals surface area contributed by atoms with Crippen molar-refractivity contribution < 1.29 is 4.79 Å². The Labute approximate surface area is 128 Å². The van der Waals surface area contributed by atoms with Gasteiger partial charge in [-0.05, 0) is 41.4 Å². The van der Waals surface area contributed by atoms with Gasteiger partial charge < -0.3 is 11.1 Å². The fourth-order valence-corrected chi connectivity index (χ4v) is 3.68. The Morgan fingerprint density at radius 2 is 2.37 bits per heavy atom. The first-order valence-electron chi connectivity index (χ1n) is 5.81. The lowest BCUT2D eigenvalue weighted by Crippen LogP contribution is -2.29. The number of aromatic nitrogens is 1. The fraction of sp³-hybridized carbons (Fsp3) is 0.333. The maximum Gasteiger partial charge on any atom is 0.270 e. The number of amides is 1. The van der Waals surface area contributed by atoms with Crippen molar-refractivity contribution >= 4 is 44.5 Å². The molecule has 2 aromatic heterocycles. The smallest absolute Gasteiger partial charge is 0.270 e. The van der Waals surface area contributed by atoms with Crippen LogP contribution in [0, 0.1) is 0 Å². The summed E-state index contributed by atoms with van der Waals surface area (Å²) in [6, 6.07) is 4.06. The predicted octanol–water partition coefficient (Wildman–Crippen LogP) is 3.10. The third-order valence-electron chi connectivity index (χ3n) is 2.41. The molecule has 7 heteroatoms. The van der Waals surface area contributed by atoms with Crippen molar-refractivity contribution in [1.82, 2.24) is 10.3 Å². The molecule has 0 saturated heterocycles. The Morgan fingerprint density at radius 3 is 3.00 bits per heavy atom. The van der Waals surface area contributed by atoms with E-state index in [2.05, 4.69) is 26.2 Å². The van der Waals surface area contributed by atoms with Crippen LogP contribution in [0.5, 0.6) is 0 Å². The number of nitrogens with one attached hydrogen (secondary N) is 1. The van der Waals surface area contributed by atoms with Gasteiger partial charge in [0.2, 0.25) is 0 Å². The third kappa shape index (κ3) is 4.10. The average molecular weight is 360 g/mol. The molecule has 0 aliphatic carbocycles. The second kappa shape index (κ2) is 6.60. The molecule has 0 aliphatic heterocycles. The molecule has 0 spiro atoms. The second-order valence-electron chi connectivity index (χ2n) is 4.16. The van der Waals surface area contributed by atoms with Gasteiger partial charge in [-0.3, -0.25) is 4.79 Å². The van der Waals surface area contributed by atoms with Crippen LogP contribution in [0.1, 0.15) is 23.8 Å². The van der Waals surface area contributed by atoms with E-state index in [9.17, 15) is 4.79 Å². The van der Waals surface area contributed by atoms with Crippen molar-refractivity contribution in [3.05, 3.63) is 27.0 Å². The van der Waals surface area contributed by atoms with E-state index in [4.69, 9.17) is 5.73 Å². The van der Waals surface area contributed by atoms with E-state index in [1.165, 1.54) is 11.3 Å². The molecule has 4 nitrogen and oxygen atoms in total. The first-order valence-corrected chi connectivity index (χ1v) is 8.30. The standard InChI is InChI=1S/C12H14BrN3OS2/c1-7(14)4-5-15-11(17)8-6-18-12(16-8)9-2-3-10(13)19-9/h2-3,6-7H,4-5,14H2,1H3,(H,15,17). The molecule has 2 rings (SSSR count). The Balaban J connectivity index is 1.98. The number of nitrogens with two attached hydrogens (primary N) is 1. The molecule has 1 unspecified atom stereocenters. The molecule has 2 aromatic rings. The summed E-state index contributed by atoms with van der Waals surface area (Å²) in [6.45, 7) is 2.50. The van der Waals surface area contributed by atoms with Crippen LogP contribution in [-0.2, 0) is 0 Å². The second-order valence-corrected chi connectivity index (χ2v) is 7.48. The van der Waals surface area contributed by atoms with Crippen LogP contribution < -0.4 is 11.1 Å². The molecule has 102 valence electrons. The highest BCUT2D eigenvalue weighted by molar-refractivity contribution is 9.11. The normalized spacial score (nSPS) is 12.4. The number of halogens is 1. The van der Waals surface area contributed by atoms with Crippen LogP contribution in [0.2, 0.25) is 0 Å². The number of nitrogens with zero attached hydrogens (tertiary/aromatic N) is 1. The molecule has 1 atom stereocenters. The molecule has 19 heavy (non-hydrogen) atoms. The summed E-state index contributed by atoms with van der Waals surface area (Å²) in [5.41, 5.74) is 6.10. The number of hydrogen-bond donors (Lipinski definition) is 2. The van der Waals surface area contributed by atoms with Gasteiger partial charge in [0.05, 0.1) is 8.66 Å². The zero-order valence-corrected chi connectivity index (χ0v) is 13.6. The number of thiazole rings is 1. The minimum atomic E-state index is -0.140. The van der Waals surface area contributed by atoms with Crippen molar-refractivity contribution in [2.24, 2.45) is 5.73 Å². The van der Waals surface area contributed by atoms with Gasteiger partial charge in [0.25, 0.3) is 5.91 Å². The lowest BCUT2D eigenvalue weighted by atomic mass is 10.2. The van der Waals surface area contributed by atoms with Gasteiger partial charge in [-0.2, -0.15) is 0 Å². The van der Waals surface area contributed by atoms with Crippen LogP contribution in [0.4, 0.5) is 0 Å². The topological polar surface area (TPSA) is 68.0 Å². The van der Waals surface area contributed by atoms with Crippen LogP contribution in [-0.4, -0.2) is 23.5 Å². The average Bonchev–Trinajstić information content (AvgIpc) is 2.96. The Bertz CT molecular complexity index is 565. The van der Waals surface area contributed by atoms with E-state index < -0.39 is 0 Å². The molecule has 0 aromatic carbocycles. The van der Waals surface area contributed by atoms with Gasteiger partial charge in [-0.15, -0.1) is 22.7 Å². The quantitative estimate of drug-likeness (QED) is 0.861. The summed E-state index contributed by atoms with van der Waals surface area (Å²) >= 11 is 6.50. The summed E-state index contributed by atoms with van der Waals surface area (Å²) in [4.78, 5) is 17.3. The van der Waals surface area contributed by atoms with Crippen molar-refractivity contribution in [1.29, 1.82) is 0 Å². The van der Waals surface area contributed by atoms with Crippen molar-refractivity contribution in [3.8, 4) is 9.88 Å². The SMILES string of the molecule is CC(N)CCNC(=O)c1csc(-c2ccc(Br)s2)n1. The lowest BCUT2D eigenvalue weighted by Gasteiger charge is -2.05. The van der Waals surface area contributed by atoms with E-state index in [-0.39, 0.29) is 11.9 Å².